The van der Waals surface area contributed by atoms with Crippen LogP contribution >= 0.6 is 11.6 Å². The van der Waals surface area contributed by atoms with Gasteiger partial charge in [-0.25, -0.2) is 14.8 Å². The maximum atomic E-state index is 12.3. The second kappa shape index (κ2) is 10.4. The van der Waals surface area contributed by atoms with E-state index >= 15 is 0 Å². The van der Waals surface area contributed by atoms with Gasteiger partial charge in [0.25, 0.3) is 0 Å². The van der Waals surface area contributed by atoms with E-state index in [1.54, 1.807) is 11.1 Å². The molecule has 2 N–H and O–H groups in total. The van der Waals surface area contributed by atoms with Crippen molar-refractivity contribution < 1.29 is 14.6 Å². The number of nitrogens with one attached hydrogen (secondary N) is 1. The van der Waals surface area contributed by atoms with Crippen molar-refractivity contribution in [1.29, 1.82) is 0 Å². The Kier molecular flexibility index (Phi) is 7.48. The van der Waals surface area contributed by atoms with Crippen molar-refractivity contribution in [3.63, 3.8) is 0 Å². The maximum Gasteiger partial charge on any atom is 0.410 e. The summed E-state index contributed by atoms with van der Waals surface area (Å²) in [7, 11) is 0. The SMILES string of the molecule is CC(C)(C)OC(=O)N1CCN(c2cc(-c3cc(N[C@H]4CC[C@H](O)CC4)cc(Cl)n3)ccn2)CC1. The van der Waals surface area contributed by atoms with Crippen LogP contribution < -0.4 is 10.2 Å². The average molecular weight is 488 g/mol. The molecular weight excluding hydrogens is 454 g/mol. The summed E-state index contributed by atoms with van der Waals surface area (Å²) in [5.41, 5.74) is 2.15. The normalized spacial score (nSPS) is 21.3. The van der Waals surface area contributed by atoms with Gasteiger partial charge in [0.2, 0.25) is 0 Å². The monoisotopic (exact) mass is 487 g/mol. The molecule has 9 heteroatoms. The smallest absolute Gasteiger partial charge is 0.410 e. The number of hydrogen-bond donors (Lipinski definition) is 2. The van der Waals surface area contributed by atoms with Crippen LogP contribution in [0.5, 0.6) is 0 Å². The highest BCUT2D eigenvalue weighted by Gasteiger charge is 2.26. The van der Waals surface area contributed by atoms with Crippen molar-refractivity contribution in [2.24, 2.45) is 0 Å². The molecule has 184 valence electrons. The Labute approximate surface area is 206 Å². The van der Waals surface area contributed by atoms with Crippen molar-refractivity contribution >= 4 is 29.2 Å². The molecule has 0 radical (unpaired) electrons. The molecule has 1 aliphatic heterocycles. The van der Waals surface area contributed by atoms with Crippen LogP contribution in [-0.4, -0.2) is 70.0 Å². The van der Waals surface area contributed by atoms with Crippen LogP contribution in [0, 0.1) is 0 Å². The number of hydrogen-bond acceptors (Lipinski definition) is 7. The Morgan fingerprint density at radius 3 is 2.50 bits per heavy atom. The Morgan fingerprint density at radius 2 is 1.82 bits per heavy atom. The maximum absolute atomic E-state index is 12.3. The van der Waals surface area contributed by atoms with Crippen LogP contribution in [0.1, 0.15) is 46.5 Å². The quantitative estimate of drug-likeness (QED) is 0.610. The van der Waals surface area contributed by atoms with E-state index < -0.39 is 5.60 Å². The molecule has 1 amide bonds. The first-order chi connectivity index (χ1) is 16.2. The number of rotatable bonds is 4. The molecule has 0 unspecified atom stereocenters. The van der Waals surface area contributed by atoms with Gasteiger partial charge >= 0.3 is 6.09 Å². The first-order valence-electron chi connectivity index (χ1n) is 12.0. The molecule has 1 aliphatic carbocycles. The summed E-state index contributed by atoms with van der Waals surface area (Å²) in [5.74, 6) is 0.846. The van der Waals surface area contributed by atoms with Crippen molar-refractivity contribution in [2.45, 2.75) is 64.2 Å². The summed E-state index contributed by atoms with van der Waals surface area (Å²) in [4.78, 5) is 25.3. The number of aliphatic hydroxyl groups excluding tert-OH is 1. The number of aromatic nitrogens is 2. The van der Waals surface area contributed by atoms with E-state index in [0.717, 1.165) is 48.4 Å². The van der Waals surface area contributed by atoms with E-state index in [9.17, 15) is 9.90 Å². The van der Waals surface area contributed by atoms with Gasteiger partial charge in [-0.1, -0.05) is 11.6 Å². The topological polar surface area (TPSA) is 90.8 Å². The number of carbonyl (C=O) groups excluding carboxylic acids is 1. The minimum atomic E-state index is -0.500. The molecule has 2 fully saturated rings. The Hall–Kier alpha value is -2.58. The van der Waals surface area contributed by atoms with Gasteiger partial charge in [0, 0.05) is 49.7 Å². The summed E-state index contributed by atoms with van der Waals surface area (Å²) in [6.07, 6.45) is 4.83. The van der Waals surface area contributed by atoms with Crippen molar-refractivity contribution in [3.05, 3.63) is 35.6 Å². The molecule has 8 nitrogen and oxygen atoms in total. The molecule has 34 heavy (non-hydrogen) atoms. The highest BCUT2D eigenvalue weighted by atomic mass is 35.5. The number of anilines is 2. The molecular formula is C25H34ClN5O3. The minimum Gasteiger partial charge on any atom is -0.444 e. The van der Waals surface area contributed by atoms with Crippen LogP contribution in [0.15, 0.2) is 30.5 Å². The molecule has 2 aliphatic rings. The Morgan fingerprint density at radius 1 is 1.12 bits per heavy atom. The molecule has 0 spiro atoms. The average Bonchev–Trinajstić information content (AvgIpc) is 2.79. The summed E-state index contributed by atoms with van der Waals surface area (Å²) >= 11 is 6.35. The number of halogens is 1. The molecule has 4 rings (SSSR count). The lowest BCUT2D eigenvalue weighted by Gasteiger charge is -2.36. The largest absolute Gasteiger partial charge is 0.444 e. The number of piperazine rings is 1. The summed E-state index contributed by atoms with van der Waals surface area (Å²) in [6.45, 7) is 8.15. The van der Waals surface area contributed by atoms with Gasteiger partial charge < -0.3 is 25.0 Å². The third-order valence-electron chi connectivity index (χ3n) is 6.16. The molecule has 2 aromatic rings. The van der Waals surface area contributed by atoms with E-state index in [1.807, 2.05) is 45.0 Å². The number of ether oxygens (including phenoxy) is 1. The number of aliphatic hydroxyl groups is 1. The van der Waals surface area contributed by atoms with Crippen LogP contribution in [-0.2, 0) is 4.74 Å². The second-order valence-corrected chi connectivity index (χ2v) is 10.5. The van der Waals surface area contributed by atoms with E-state index in [-0.39, 0.29) is 12.2 Å². The summed E-state index contributed by atoms with van der Waals surface area (Å²) in [5, 5.41) is 13.7. The zero-order valence-electron chi connectivity index (χ0n) is 20.1. The lowest BCUT2D eigenvalue weighted by atomic mass is 9.93. The van der Waals surface area contributed by atoms with Crippen LogP contribution in [0.25, 0.3) is 11.3 Å². The fourth-order valence-corrected chi connectivity index (χ4v) is 4.59. The highest BCUT2D eigenvalue weighted by Crippen LogP contribution is 2.29. The highest BCUT2D eigenvalue weighted by molar-refractivity contribution is 6.29. The minimum absolute atomic E-state index is 0.184. The zero-order valence-corrected chi connectivity index (χ0v) is 20.9. The predicted octanol–water partition coefficient (Wildman–Crippen LogP) is 4.57. The summed E-state index contributed by atoms with van der Waals surface area (Å²) < 4.78 is 5.49. The van der Waals surface area contributed by atoms with Crippen LogP contribution in [0.3, 0.4) is 0 Å². The van der Waals surface area contributed by atoms with Crippen LogP contribution in [0.4, 0.5) is 16.3 Å². The fraction of sp³-hybridized carbons (Fsp3) is 0.560. The third-order valence-corrected chi connectivity index (χ3v) is 6.35. The van der Waals surface area contributed by atoms with E-state index in [2.05, 4.69) is 20.2 Å². The lowest BCUT2D eigenvalue weighted by Crippen LogP contribution is -2.50. The Bertz CT molecular complexity index is 996. The third kappa shape index (κ3) is 6.51. The Balaban J connectivity index is 1.43. The first kappa shape index (κ1) is 24.5. The van der Waals surface area contributed by atoms with E-state index in [1.165, 1.54) is 0 Å². The summed E-state index contributed by atoms with van der Waals surface area (Å²) in [6, 6.07) is 8.12. The molecule has 0 aromatic carbocycles. The first-order valence-corrected chi connectivity index (χ1v) is 12.4. The van der Waals surface area contributed by atoms with Gasteiger partial charge in [-0.15, -0.1) is 0 Å². The van der Waals surface area contributed by atoms with Gasteiger partial charge in [-0.3, -0.25) is 0 Å². The van der Waals surface area contributed by atoms with Gasteiger partial charge in [-0.05, 0) is 70.7 Å². The van der Waals surface area contributed by atoms with Crippen molar-refractivity contribution in [3.8, 4) is 11.3 Å². The lowest BCUT2D eigenvalue weighted by molar-refractivity contribution is 0.0240. The predicted molar refractivity (Wildman–Crippen MR) is 134 cm³/mol. The van der Waals surface area contributed by atoms with Crippen molar-refractivity contribution in [2.75, 3.05) is 36.4 Å². The number of nitrogens with zero attached hydrogens (tertiary/aromatic N) is 4. The van der Waals surface area contributed by atoms with Gasteiger partial charge in [0.05, 0.1) is 11.8 Å². The molecule has 1 saturated carbocycles. The zero-order chi connectivity index (χ0) is 24.3. The molecule has 0 atom stereocenters. The molecule has 3 heterocycles. The van der Waals surface area contributed by atoms with E-state index in [0.29, 0.717) is 37.4 Å². The fourth-order valence-electron chi connectivity index (χ4n) is 4.38. The number of amides is 1. The number of carbonyl (C=O) groups is 1. The molecule has 1 saturated heterocycles. The second-order valence-electron chi connectivity index (χ2n) is 10.1. The van der Waals surface area contributed by atoms with Gasteiger partial charge in [0.1, 0.15) is 16.6 Å². The van der Waals surface area contributed by atoms with Gasteiger partial charge in [-0.2, -0.15) is 0 Å². The van der Waals surface area contributed by atoms with E-state index in [4.69, 9.17) is 16.3 Å². The number of pyridine rings is 2. The molecule has 0 bridgehead atoms. The standard InChI is InChI=1S/C25H34ClN5O3/c1-25(2,3)34-24(33)31-12-10-30(11-13-31)23-14-17(8-9-27-23)21-15-19(16-22(26)29-21)28-18-4-6-20(32)7-5-18/h8-9,14-16,18,20,32H,4-7,10-13H2,1-3H3,(H,28,29)/t18-,20-. The van der Waals surface area contributed by atoms with Crippen LogP contribution in [0.2, 0.25) is 5.15 Å². The van der Waals surface area contributed by atoms with Crippen molar-refractivity contribution in [1.82, 2.24) is 14.9 Å². The molecule has 2 aromatic heterocycles. The van der Waals surface area contributed by atoms with Gasteiger partial charge in [0.15, 0.2) is 0 Å².